The number of hydrogen-bond acceptors (Lipinski definition) is 4. The van der Waals surface area contributed by atoms with E-state index in [2.05, 4.69) is 45.9 Å². The SMILES string of the molecule is Cc1ccccc1Cc1nsc(NC2CC2)n1. The molecule has 1 aromatic heterocycles. The third kappa shape index (κ3) is 2.64. The predicted molar refractivity (Wildman–Crippen MR) is 70.5 cm³/mol. The van der Waals surface area contributed by atoms with Gasteiger partial charge in [0.15, 0.2) is 0 Å². The van der Waals surface area contributed by atoms with Crippen molar-refractivity contribution in [3.8, 4) is 0 Å². The highest BCUT2D eigenvalue weighted by Gasteiger charge is 2.22. The minimum absolute atomic E-state index is 0.647. The van der Waals surface area contributed by atoms with Gasteiger partial charge in [-0.15, -0.1) is 0 Å². The molecular formula is C13H15N3S. The lowest BCUT2D eigenvalue weighted by atomic mass is 10.1. The third-order valence-corrected chi connectivity index (χ3v) is 3.67. The van der Waals surface area contributed by atoms with Crippen molar-refractivity contribution in [3.05, 3.63) is 41.2 Å². The summed E-state index contributed by atoms with van der Waals surface area (Å²) >= 11 is 1.47. The second kappa shape index (κ2) is 4.45. The molecule has 0 aliphatic heterocycles. The molecule has 0 bridgehead atoms. The molecule has 3 nitrogen and oxygen atoms in total. The molecule has 1 aliphatic rings. The lowest BCUT2D eigenvalue weighted by molar-refractivity contribution is 1.01. The number of aromatic nitrogens is 2. The third-order valence-electron chi connectivity index (χ3n) is 2.98. The van der Waals surface area contributed by atoms with Crippen molar-refractivity contribution >= 4 is 16.7 Å². The summed E-state index contributed by atoms with van der Waals surface area (Å²) in [5.74, 6) is 0.924. The summed E-state index contributed by atoms with van der Waals surface area (Å²) in [6.07, 6.45) is 3.37. The monoisotopic (exact) mass is 245 g/mol. The Morgan fingerprint density at radius 3 is 2.94 bits per heavy atom. The van der Waals surface area contributed by atoms with Gasteiger partial charge in [0.25, 0.3) is 0 Å². The van der Waals surface area contributed by atoms with Crippen LogP contribution in [0, 0.1) is 6.92 Å². The van der Waals surface area contributed by atoms with Gasteiger partial charge in [-0.1, -0.05) is 24.3 Å². The number of benzene rings is 1. The maximum atomic E-state index is 4.52. The Morgan fingerprint density at radius 2 is 2.18 bits per heavy atom. The molecule has 0 unspecified atom stereocenters. The molecule has 1 heterocycles. The molecule has 0 saturated heterocycles. The van der Waals surface area contributed by atoms with E-state index in [1.165, 1.54) is 35.5 Å². The van der Waals surface area contributed by atoms with Crippen LogP contribution in [0.15, 0.2) is 24.3 Å². The van der Waals surface area contributed by atoms with Crippen LogP contribution in [-0.4, -0.2) is 15.4 Å². The van der Waals surface area contributed by atoms with Crippen molar-refractivity contribution < 1.29 is 0 Å². The zero-order chi connectivity index (χ0) is 11.7. The summed E-state index contributed by atoms with van der Waals surface area (Å²) in [6.45, 7) is 2.13. The Bertz CT molecular complexity index is 517. The zero-order valence-electron chi connectivity index (χ0n) is 9.81. The molecule has 1 N–H and O–H groups in total. The first kappa shape index (κ1) is 10.7. The van der Waals surface area contributed by atoms with Crippen LogP contribution in [-0.2, 0) is 6.42 Å². The van der Waals surface area contributed by atoms with Crippen molar-refractivity contribution in [1.82, 2.24) is 9.36 Å². The van der Waals surface area contributed by atoms with Crippen LogP contribution < -0.4 is 5.32 Å². The first-order chi connectivity index (χ1) is 8.31. The lowest BCUT2D eigenvalue weighted by Crippen LogP contribution is -2.00. The number of hydrogen-bond donors (Lipinski definition) is 1. The van der Waals surface area contributed by atoms with Crippen molar-refractivity contribution in [1.29, 1.82) is 0 Å². The van der Waals surface area contributed by atoms with Crippen LogP contribution in [0.5, 0.6) is 0 Å². The Morgan fingerprint density at radius 1 is 1.35 bits per heavy atom. The molecule has 1 aromatic carbocycles. The number of nitrogens with one attached hydrogen (secondary N) is 1. The van der Waals surface area contributed by atoms with Gasteiger partial charge in [0.2, 0.25) is 5.13 Å². The van der Waals surface area contributed by atoms with Gasteiger partial charge in [-0.2, -0.15) is 4.37 Å². The fourth-order valence-electron chi connectivity index (χ4n) is 1.77. The van der Waals surface area contributed by atoms with Gasteiger partial charge >= 0.3 is 0 Å². The fraction of sp³-hybridized carbons (Fsp3) is 0.385. The molecule has 2 aromatic rings. The Kier molecular flexibility index (Phi) is 2.81. The number of aryl methyl sites for hydroxylation is 1. The van der Waals surface area contributed by atoms with Crippen LogP contribution in [0.25, 0.3) is 0 Å². The molecule has 0 amide bonds. The molecule has 0 radical (unpaired) electrons. The molecular weight excluding hydrogens is 230 g/mol. The van der Waals surface area contributed by atoms with Gasteiger partial charge in [-0.05, 0) is 30.9 Å². The molecule has 3 rings (SSSR count). The van der Waals surface area contributed by atoms with E-state index in [9.17, 15) is 0 Å². The highest BCUT2D eigenvalue weighted by Crippen LogP contribution is 2.25. The standard InChI is InChI=1S/C13H15N3S/c1-9-4-2-3-5-10(9)8-12-15-13(17-16-12)14-11-6-7-11/h2-5,11H,6-8H2,1H3,(H,14,15,16). The summed E-state index contributed by atoms with van der Waals surface area (Å²) < 4.78 is 4.40. The van der Waals surface area contributed by atoms with Crippen molar-refractivity contribution in [3.63, 3.8) is 0 Å². The highest BCUT2D eigenvalue weighted by molar-refractivity contribution is 7.09. The van der Waals surface area contributed by atoms with Gasteiger partial charge in [0, 0.05) is 24.0 Å². The van der Waals surface area contributed by atoms with E-state index in [0.29, 0.717) is 6.04 Å². The van der Waals surface area contributed by atoms with Crippen LogP contribution in [0.1, 0.15) is 29.8 Å². The molecule has 0 spiro atoms. The van der Waals surface area contributed by atoms with E-state index in [1.54, 1.807) is 0 Å². The minimum atomic E-state index is 0.647. The van der Waals surface area contributed by atoms with E-state index in [0.717, 1.165) is 17.4 Å². The van der Waals surface area contributed by atoms with Gasteiger partial charge < -0.3 is 5.32 Å². The van der Waals surface area contributed by atoms with E-state index < -0.39 is 0 Å². The average molecular weight is 245 g/mol. The van der Waals surface area contributed by atoms with Crippen molar-refractivity contribution in [2.75, 3.05) is 5.32 Å². The van der Waals surface area contributed by atoms with Crippen molar-refractivity contribution in [2.24, 2.45) is 0 Å². The second-order valence-electron chi connectivity index (χ2n) is 4.54. The molecule has 88 valence electrons. The largest absolute Gasteiger partial charge is 0.358 e. The molecule has 1 saturated carbocycles. The smallest absolute Gasteiger partial charge is 0.202 e. The van der Waals surface area contributed by atoms with Crippen LogP contribution in [0.3, 0.4) is 0 Å². The summed E-state index contributed by atoms with van der Waals surface area (Å²) in [4.78, 5) is 4.52. The van der Waals surface area contributed by atoms with Crippen LogP contribution >= 0.6 is 11.5 Å². The molecule has 0 atom stereocenters. The Labute approximate surface area is 105 Å². The topological polar surface area (TPSA) is 37.8 Å². The maximum absolute atomic E-state index is 4.52. The van der Waals surface area contributed by atoms with Gasteiger partial charge in [-0.25, -0.2) is 4.98 Å². The number of rotatable bonds is 4. The molecule has 17 heavy (non-hydrogen) atoms. The summed E-state index contributed by atoms with van der Waals surface area (Å²) in [5, 5.41) is 4.35. The van der Waals surface area contributed by atoms with Crippen molar-refractivity contribution in [2.45, 2.75) is 32.2 Å². The zero-order valence-corrected chi connectivity index (χ0v) is 10.6. The number of nitrogens with zero attached hydrogens (tertiary/aromatic N) is 2. The quantitative estimate of drug-likeness (QED) is 0.899. The number of anilines is 1. The highest BCUT2D eigenvalue weighted by atomic mass is 32.1. The van der Waals surface area contributed by atoms with E-state index >= 15 is 0 Å². The Balaban J connectivity index is 1.72. The molecule has 1 aliphatic carbocycles. The summed E-state index contributed by atoms with van der Waals surface area (Å²) in [6, 6.07) is 9.05. The average Bonchev–Trinajstić information content (AvgIpc) is 3.02. The summed E-state index contributed by atoms with van der Waals surface area (Å²) in [7, 11) is 0. The molecule has 1 fully saturated rings. The second-order valence-corrected chi connectivity index (χ2v) is 5.29. The van der Waals surface area contributed by atoms with Crippen LogP contribution in [0.2, 0.25) is 0 Å². The summed E-state index contributed by atoms with van der Waals surface area (Å²) in [5.41, 5.74) is 2.61. The van der Waals surface area contributed by atoms with E-state index in [4.69, 9.17) is 0 Å². The Hall–Kier alpha value is -1.42. The van der Waals surface area contributed by atoms with Crippen LogP contribution in [0.4, 0.5) is 5.13 Å². The van der Waals surface area contributed by atoms with Gasteiger partial charge in [-0.3, -0.25) is 0 Å². The van der Waals surface area contributed by atoms with Gasteiger partial charge in [0.05, 0.1) is 0 Å². The first-order valence-electron chi connectivity index (χ1n) is 5.95. The fourth-order valence-corrected chi connectivity index (χ4v) is 2.43. The van der Waals surface area contributed by atoms with E-state index in [1.807, 2.05) is 0 Å². The lowest BCUT2D eigenvalue weighted by Gasteiger charge is -2.01. The minimum Gasteiger partial charge on any atom is -0.358 e. The predicted octanol–water partition coefficient (Wildman–Crippen LogP) is 3.01. The maximum Gasteiger partial charge on any atom is 0.202 e. The first-order valence-corrected chi connectivity index (χ1v) is 6.72. The van der Waals surface area contributed by atoms with Gasteiger partial charge in [0.1, 0.15) is 5.82 Å². The molecule has 4 heteroatoms. The normalized spacial score (nSPS) is 14.9. The van der Waals surface area contributed by atoms with E-state index in [-0.39, 0.29) is 0 Å².